The highest BCUT2D eigenvalue weighted by molar-refractivity contribution is 5.97. The lowest BCUT2D eigenvalue weighted by molar-refractivity contribution is 0.1000. The topological polar surface area (TPSA) is 122 Å². The molecule has 0 radical (unpaired) electrons. The molecule has 9 heteroatoms. The first kappa shape index (κ1) is 19.4. The maximum absolute atomic E-state index is 12.0. The summed E-state index contributed by atoms with van der Waals surface area (Å²) in [5.41, 5.74) is 7.08. The summed E-state index contributed by atoms with van der Waals surface area (Å²) in [6, 6.07) is 7.49. The highest BCUT2D eigenvalue weighted by atomic mass is 16.6. The number of carbonyl (C=O) groups is 2. The first-order chi connectivity index (χ1) is 13.3. The number of primary amides is 1. The summed E-state index contributed by atoms with van der Waals surface area (Å²) in [4.78, 5) is 33.5. The van der Waals surface area contributed by atoms with Crippen LogP contribution in [0.5, 0.6) is 0 Å². The van der Waals surface area contributed by atoms with Crippen molar-refractivity contribution in [2.45, 2.75) is 38.8 Å². The van der Waals surface area contributed by atoms with Crippen LogP contribution in [0.3, 0.4) is 0 Å². The standard InChI is InChI=1S/C19H24N6O3/c1-11(2)28-19(27)25(3)14-8-6-13(7-9-14)23-18-21-10-15(16(20)26)17(24-18)22-12-4-5-12/h6-12H,4-5H2,1-3H3,(H2,20,26)(H2,21,22,23,24). The molecule has 9 nitrogen and oxygen atoms in total. The molecule has 1 aromatic carbocycles. The Labute approximate surface area is 163 Å². The zero-order valence-electron chi connectivity index (χ0n) is 16.1. The summed E-state index contributed by atoms with van der Waals surface area (Å²) in [5, 5.41) is 6.28. The Morgan fingerprint density at radius 2 is 1.93 bits per heavy atom. The lowest BCUT2D eigenvalue weighted by Crippen LogP contribution is -2.29. The quantitative estimate of drug-likeness (QED) is 0.671. The van der Waals surface area contributed by atoms with E-state index in [9.17, 15) is 9.59 Å². The maximum atomic E-state index is 12.0. The van der Waals surface area contributed by atoms with E-state index in [-0.39, 0.29) is 11.7 Å². The van der Waals surface area contributed by atoms with Crippen LogP contribution in [0.25, 0.3) is 0 Å². The molecule has 3 rings (SSSR count). The average molecular weight is 384 g/mol. The maximum Gasteiger partial charge on any atom is 0.414 e. The second-order valence-corrected chi connectivity index (χ2v) is 6.90. The van der Waals surface area contributed by atoms with Crippen LogP contribution in [0.1, 0.15) is 37.0 Å². The van der Waals surface area contributed by atoms with Crippen LogP contribution in [0, 0.1) is 0 Å². The Morgan fingerprint density at radius 3 is 2.50 bits per heavy atom. The largest absolute Gasteiger partial charge is 0.446 e. The predicted octanol–water partition coefficient (Wildman–Crippen LogP) is 2.87. The molecular formula is C19H24N6O3. The van der Waals surface area contributed by atoms with Crippen LogP contribution in [0.4, 0.5) is 27.9 Å². The molecule has 1 fully saturated rings. The molecule has 1 aromatic heterocycles. The van der Waals surface area contributed by atoms with E-state index in [4.69, 9.17) is 10.5 Å². The van der Waals surface area contributed by atoms with Gasteiger partial charge in [-0.15, -0.1) is 0 Å². The van der Waals surface area contributed by atoms with Crippen molar-refractivity contribution < 1.29 is 14.3 Å². The van der Waals surface area contributed by atoms with E-state index in [1.807, 2.05) is 0 Å². The van der Waals surface area contributed by atoms with Crippen LogP contribution in [0.2, 0.25) is 0 Å². The molecule has 2 aromatic rings. The summed E-state index contributed by atoms with van der Waals surface area (Å²) in [5.74, 6) is 0.198. The van der Waals surface area contributed by atoms with Gasteiger partial charge < -0.3 is 21.1 Å². The molecule has 148 valence electrons. The van der Waals surface area contributed by atoms with Gasteiger partial charge >= 0.3 is 6.09 Å². The SMILES string of the molecule is CC(C)OC(=O)N(C)c1ccc(Nc2ncc(C(N)=O)c(NC3CC3)n2)cc1. The zero-order chi connectivity index (χ0) is 20.3. The third kappa shape index (κ3) is 4.87. The fourth-order valence-electron chi connectivity index (χ4n) is 2.44. The van der Waals surface area contributed by atoms with Gasteiger partial charge in [0.25, 0.3) is 5.91 Å². The Kier molecular flexibility index (Phi) is 5.62. The number of nitrogens with zero attached hydrogens (tertiary/aromatic N) is 3. The number of aromatic nitrogens is 2. The smallest absolute Gasteiger partial charge is 0.414 e. The van der Waals surface area contributed by atoms with Gasteiger partial charge in [-0.2, -0.15) is 4.98 Å². The molecule has 2 amide bonds. The lowest BCUT2D eigenvalue weighted by atomic mass is 10.2. The van der Waals surface area contributed by atoms with Crippen molar-refractivity contribution in [3.8, 4) is 0 Å². The molecule has 0 aliphatic heterocycles. The first-order valence-corrected chi connectivity index (χ1v) is 9.08. The lowest BCUT2D eigenvalue weighted by Gasteiger charge is -2.19. The number of rotatable bonds is 7. The molecule has 0 unspecified atom stereocenters. The van der Waals surface area contributed by atoms with Gasteiger partial charge in [0.1, 0.15) is 5.82 Å². The third-order valence-corrected chi connectivity index (χ3v) is 4.09. The minimum Gasteiger partial charge on any atom is -0.446 e. The fourth-order valence-corrected chi connectivity index (χ4v) is 2.44. The monoisotopic (exact) mass is 384 g/mol. The van der Waals surface area contributed by atoms with Crippen LogP contribution in [-0.4, -0.2) is 41.2 Å². The van der Waals surface area contributed by atoms with E-state index >= 15 is 0 Å². The van der Waals surface area contributed by atoms with Crippen LogP contribution in [-0.2, 0) is 4.74 Å². The van der Waals surface area contributed by atoms with Gasteiger partial charge in [-0.25, -0.2) is 9.78 Å². The number of nitrogens with one attached hydrogen (secondary N) is 2. The predicted molar refractivity (Wildman–Crippen MR) is 107 cm³/mol. The van der Waals surface area contributed by atoms with Crippen molar-refractivity contribution in [2.75, 3.05) is 22.6 Å². The van der Waals surface area contributed by atoms with E-state index in [0.29, 0.717) is 23.5 Å². The number of carbonyl (C=O) groups excluding carboxylic acids is 2. The van der Waals surface area contributed by atoms with Crippen LogP contribution in [0.15, 0.2) is 30.5 Å². The highest BCUT2D eigenvalue weighted by Gasteiger charge is 2.24. The summed E-state index contributed by atoms with van der Waals surface area (Å²) in [7, 11) is 1.65. The molecule has 28 heavy (non-hydrogen) atoms. The summed E-state index contributed by atoms with van der Waals surface area (Å²) in [6.45, 7) is 3.60. The van der Waals surface area contributed by atoms with E-state index < -0.39 is 12.0 Å². The summed E-state index contributed by atoms with van der Waals surface area (Å²) < 4.78 is 5.18. The molecular weight excluding hydrogens is 360 g/mol. The zero-order valence-corrected chi connectivity index (χ0v) is 16.1. The van der Waals surface area contributed by atoms with Crippen molar-refractivity contribution in [1.82, 2.24) is 9.97 Å². The number of ether oxygens (including phenoxy) is 1. The third-order valence-electron chi connectivity index (χ3n) is 4.09. The minimum atomic E-state index is -0.574. The molecule has 0 atom stereocenters. The van der Waals surface area contributed by atoms with Gasteiger partial charge in [0.15, 0.2) is 0 Å². The van der Waals surface area contributed by atoms with Gasteiger partial charge in [0, 0.05) is 30.7 Å². The van der Waals surface area contributed by atoms with Gasteiger partial charge in [-0.05, 0) is 51.0 Å². The van der Waals surface area contributed by atoms with E-state index in [0.717, 1.165) is 18.5 Å². The number of benzene rings is 1. The van der Waals surface area contributed by atoms with E-state index in [1.54, 1.807) is 45.2 Å². The van der Waals surface area contributed by atoms with Gasteiger partial charge in [0.05, 0.1) is 11.7 Å². The van der Waals surface area contributed by atoms with Crippen LogP contribution >= 0.6 is 0 Å². The van der Waals surface area contributed by atoms with Crippen molar-refractivity contribution in [1.29, 1.82) is 0 Å². The van der Waals surface area contributed by atoms with Crippen molar-refractivity contribution in [3.05, 3.63) is 36.0 Å². The van der Waals surface area contributed by atoms with Crippen molar-refractivity contribution >= 4 is 35.1 Å². The molecule has 1 aliphatic rings. The number of nitrogens with two attached hydrogens (primary N) is 1. The van der Waals surface area contributed by atoms with E-state index in [2.05, 4.69) is 20.6 Å². The molecule has 0 bridgehead atoms. The van der Waals surface area contributed by atoms with E-state index in [1.165, 1.54) is 11.1 Å². The Bertz CT molecular complexity index is 864. The molecule has 0 spiro atoms. The molecule has 4 N–H and O–H groups in total. The molecule has 0 saturated heterocycles. The van der Waals surface area contributed by atoms with Crippen molar-refractivity contribution in [2.24, 2.45) is 5.73 Å². The van der Waals surface area contributed by atoms with Crippen LogP contribution < -0.4 is 21.3 Å². The Morgan fingerprint density at radius 1 is 1.25 bits per heavy atom. The Balaban J connectivity index is 1.71. The Hall–Kier alpha value is -3.36. The average Bonchev–Trinajstić information content (AvgIpc) is 3.45. The number of hydrogen-bond acceptors (Lipinski definition) is 7. The summed E-state index contributed by atoms with van der Waals surface area (Å²) >= 11 is 0. The number of amides is 2. The van der Waals surface area contributed by atoms with Gasteiger partial charge in [0.2, 0.25) is 5.95 Å². The normalized spacial score (nSPS) is 13.1. The molecule has 1 aliphatic carbocycles. The first-order valence-electron chi connectivity index (χ1n) is 9.08. The van der Waals surface area contributed by atoms with Gasteiger partial charge in [-0.1, -0.05) is 0 Å². The highest BCUT2D eigenvalue weighted by Crippen LogP contribution is 2.26. The number of anilines is 4. The molecule has 1 heterocycles. The van der Waals surface area contributed by atoms with Gasteiger partial charge in [-0.3, -0.25) is 9.69 Å². The fraction of sp³-hybridized carbons (Fsp3) is 0.368. The van der Waals surface area contributed by atoms with Crippen molar-refractivity contribution in [3.63, 3.8) is 0 Å². The minimum absolute atomic E-state index is 0.185. The second kappa shape index (κ2) is 8.12. The second-order valence-electron chi connectivity index (χ2n) is 6.90. The molecule has 1 saturated carbocycles. The number of hydrogen-bond donors (Lipinski definition) is 3. The summed E-state index contributed by atoms with van der Waals surface area (Å²) in [6.07, 6.45) is 2.89.